The van der Waals surface area contributed by atoms with E-state index < -0.39 is 11.7 Å². The Labute approximate surface area is 150 Å². The molecule has 2 aromatic carbocycles. The summed E-state index contributed by atoms with van der Waals surface area (Å²) in [7, 11) is 0. The van der Waals surface area contributed by atoms with Crippen molar-refractivity contribution in [3.63, 3.8) is 0 Å². The van der Waals surface area contributed by atoms with Gasteiger partial charge in [-0.2, -0.15) is 13.2 Å². The van der Waals surface area contributed by atoms with Crippen molar-refractivity contribution in [3.05, 3.63) is 89.6 Å². The molecule has 1 aliphatic carbocycles. The first-order valence-electron chi connectivity index (χ1n) is 8.69. The molecule has 132 valence electrons. The predicted molar refractivity (Wildman–Crippen MR) is 95.7 cm³/mol. The van der Waals surface area contributed by atoms with Crippen molar-refractivity contribution in [2.45, 2.75) is 24.9 Å². The molecule has 4 rings (SSSR count). The highest BCUT2D eigenvalue weighted by atomic mass is 19.4. The highest BCUT2D eigenvalue weighted by Crippen LogP contribution is 2.50. The third-order valence-electron chi connectivity index (χ3n) is 5.01. The number of nitrogens with zero attached hydrogens (tertiary/aromatic N) is 1. The number of halogens is 3. The van der Waals surface area contributed by atoms with E-state index >= 15 is 0 Å². The highest BCUT2D eigenvalue weighted by Gasteiger charge is 2.39. The minimum absolute atomic E-state index is 0.378. The van der Waals surface area contributed by atoms with Gasteiger partial charge in [0.25, 0.3) is 0 Å². The van der Waals surface area contributed by atoms with E-state index in [0.29, 0.717) is 24.0 Å². The first kappa shape index (κ1) is 16.8. The summed E-state index contributed by atoms with van der Waals surface area (Å²) in [6.45, 7) is 0. The Balaban J connectivity index is 1.65. The lowest BCUT2D eigenvalue weighted by Crippen LogP contribution is -2.07. The van der Waals surface area contributed by atoms with Gasteiger partial charge in [0, 0.05) is 11.8 Å². The molecule has 0 aliphatic heterocycles. The first-order valence-corrected chi connectivity index (χ1v) is 8.69. The molecule has 1 aliphatic rings. The molecule has 3 aromatic rings. The van der Waals surface area contributed by atoms with E-state index in [4.69, 9.17) is 0 Å². The van der Waals surface area contributed by atoms with E-state index in [1.807, 2.05) is 30.3 Å². The monoisotopic (exact) mass is 353 g/mol. The minimum atomic E-state index is -4.33. The van der Waals surface area contributed by atoms with Crippen LogP contribution in [0.5, 0.6) is 0 Å². The van der Waals surface area contributed by atoms with Crippen molar-refractivity contribution < 1.29 is 13.2 Å². The van der Waals surface area contributed by atoms with Crippen LogP contribution in [-0.4, -0.2) is 4.98 Å². The first-order chi connectivity index (χ1) is 12.5. The van der Waals surface area contributed by atoms with E-state index in [0.717, 1.165) is 23.6 Å². The standard InChI is InChI=1S/C22H18F3N/c23-22(24,25)18-9-10-19(21-8-4-5-11-26-21)16(13-18)12-17-14-20(17)15-6-2-1-3-7-15/h1-11,13,17,20H,12,14H2/t17-,20-/m1/s1. The fourth-order valence-electron chi connectivity index (χ4n) is 3.58. The molecule has 1 aromatic heterocycles. The zero-order valence-corrected chi connectivity index (χ0v) is 14.1. The third kappa shape index (κ3) is 3.50. The summed E-state index contributed by atoms with van der Waals surface area (Å²) in [4.78, 5) is 4.33. The van der Waals surface area contributed by atoms with Crippen LogP contribution < -0.4 is 0 Å². The van der Waals surface area contributed by atoms with Crippen molar-refractivity contribution in [1.29, 1.82) is 0 Å². The zero-order chi connectivity index (χ0) is 18.1. The van der Waals surface area contributed by atoms with Crippen LogP contribution in [-0.2, 0) is 12.6 Å². The number of hydrogen-bond donors (Lipinski definition) is 0. The molecule has 0 bridgehead atoms. The molecule has 0 N–H and O–H groups in total. The number of alkyl halides is 3. The predicted octanol–water partition coefficient (Wildman–Crippen LogP) is 6.11. The molecule has 1 saturated carbocycles. The second-order valence-corrected chi connectivity index (χ2v) is 6.80. The second kappa shape index (κ2) is 6.60. The van der Waals surface area contributed by atoms with E-state index in [1.54, 1.807) is 18.3 Å². The molecule has 1 nitrogen and oxygen atoms in total. The summed E-state index contributed by atoms with van der Waals surface area (Å²) >= 11 is 0. The van der Waals surface area contributed by atoms with Gasteiger partial charge < -0.3 is 0 Å². The molecule has 1 heterocycles. The van der Waals surface area contributed by atoms with Gasteiger partial charge in [-0.1, -0.05) is 42.5 Å². The smallest absolute Gasteiger partial charge is 0.256 e. The number of pyridine rings is 1. The Kier molecular flexibility index (Phi) is 4.27. The number of rotatable bonds is 4. The SMILES string of the molecule is FC(F)(F)c1ccc(-c2ccccn2)c(C[C@@H]2C[C@@H]2c2ccccc2)c1. The molecule has 0 saturated heterocycles. The molecule has 4 heteroatoms. The number of aromatic nitrogens is 1. The number of hydrogen-bond acceptors (Lipinski definition) is 1. The minimum Gasteiger partial charge on any atom is -0.256 e. The summed E-state index contributed by atoms with van der Waals surface area (Å²) in [5.74, 6) is 0.811. The highest BCUT2D eigenvalue weighted by molar-refractivity contribution is 5.64. The van der Waals surface area contributed by atoms with Crippen LogP contribution >= 0.6 is 0 Å². The summed E-state index contributed by atoms with van der Waals surface area (Å²) in [5.41, 5.74) is 2.90. The summed E-state index contributed by atoms with van der Waals surface area (Å²) in [6, 6.07) is 19.7. The molecule has 2 atom stereocenters. The van der Waals surface area contributed by atoms with Crippen molar-refractivity contribution in [2.75, 3.05) is 0 Å². The van der Waals surface area contributed by atoms with Crippen LogP contribution in [0.4, 0.5) is 13.2 Å². The molecule has 1 fully saturated rings. The van der Waals surface area contributed by atoms with Gasteiger partial charge in [0.2, 0.25) is 0 Å². The van der Waals surface area contributed by atoms with Crippen LogP contribution in [0.15, 0.2) is 72.9 Å². The van der Waals surface area contributed by atoms with E-state index in [-0.39, 0.29) is 0 Å². The lowest BCUT2D eigenvalue weighted by atomic mass is 9.95. The fourth-order valence-corrected chi connectivity index (χ4v) is 3.58. The second-order valence-electron chi connectivity index (χ2n) is 6.80. The summed E-state index contributed by atoms with van der Waals surface area (Å²) < 4.78 is 39.5. The Morgan fingerprint density at radius 2 is 1.69 bits per heavy atom. The van der Waals surface area contributed by atoms with Gasteiger partial charge in [0.1, 0.15) is 0 Å². The molecular formula is C22H18F3N. The normalized spacial score (nSPS) is 19.3. The quantitative estimate of drug-likeness (QED) is 0.551. The van der Waals surface area contributed by atoms with Crippen molar-refractivity contribution in [3.8, 4) is 11.3 Å². The number of benzene rings is 2. The Bertz CT molecular complexity index is 888. The van der Waals surface area contributed by atoms with Crippen LogP contribution in [0.3, 0.4) is 0 Å². The summed E-state index contributed by atoms with van der Waals surface area (Å²) in [6.07, 6.45) is -1.02. The Morgan fingerprint density at radius 3 is 2.38 bits per heavy atom. The van der Waals surface area contributed by atoms with Crippen LogP contribution in [0, 0.1) is 5.92 Å². The lowest BCUT2D eigenvalue weighted by Gasteiger charge is -2.13. The fraction of sp³-hybridized carbons (Fsp3) is 0.227. The maximum Gasteiger partial charge on any atom is 0.416 e. The lowest BCUT2D eigenvalue weighted by molar-refractivity contribution is -0.137. The van der Waals surface area contributed by atoms with Gasteiger partial charge in [-0.3, -0.25) is 4.98 Å². The maximum atomic E-state index is 13.2. The van der Waals surface area contributed by atoms with Gasteiger partial charge in [0.15, 0.2) is 0 Å². The van der Waals surface area contributed by atoms with Gasteiger partial charge >= 0.3 is 6.18 Å². The van der Waals surface area contributed by atoms with Crippen LogP contribution in [0.25, 0.3) is 11.3 Å². The average Bonchev–Trinajstić information content (AvgIpc) is 3.41. The molecule has 0 radical (unpaired) electrons. The molecule has 0 unspecified atom stereocenters. The molecule has 26 heavy (non-hydrogen) atoms. The molecular weight excluding hydrogens is 335 g/mol. The largest absolute Gasteiger partial charge is 0.416 e. The third-order valence-corrected chi connectivity index (χ3v) is 5.01. The summed E-state index contributed by atoms with van der Waals surface area (Å²) in [5, 5.41) is 0. The maximum absolute atomic E-state index is 13.2. The van der Waals surface area contributed by atoms with Gasteiger partial charge in [-0.05, 0) is 60.1 Å². The van der Waals surface area contributed by atoms with E-state index in [2.05, 4.69) is 17.1 Å². The van der Waals surface area contributed by atoms with E-state index in [9.17, 15) is 13.2 Å². The van der Waals surface area contributed by atoms with Crippen LogP contribution in [0.2, 0.25) is 0 Å². The Morgan fingerprint density at radius 1 is 0.923 bits per heavy atom. The van der Waals surface area contributed by atoms with Crippen molar-refractivity contribution in [2.24, 2.45) is 5.92 Å². The topological polar surface area (TPSA) is 12.9 Å². The van der Waals surface area contributed by atoms with Gasteiger partial charge in [-0.25, -0.2) is 0 Å². The van der Waals surface area contributed by atoms with Crippen LogP contribution in [0.1, 0.15) is 29.0 Å². The van der Waals surface area contributed by atoms with Gasteiger partial charge in [-0.15, -0.1) is 0 Å². The van der Waals surface area contributed by atoms with Gasteiger partial charge in [0.05, 0.1) is 11.3 Å². The Hall–Kier alpha value is -2.62. The average molecular weight is 353 g/mol. The van der Waals surface area contributed by atoms with Crippen molar-refractivity contribution in [1.82, 2.24) is 4.98 Å². The molecule has 0 amide bonds. The molecule has 0 spiro atoms. The van der Waals surface area contributed by atoms with E-state index in [1.165, 1.54) is 11.6 Å². The van der Waals surface area contributed by atoms with Crippen molar-refractivity contribution >= 4 is 0 Å². The zero-order valence-electron chi connectivity index (χ0n) is 14.1.